The van der Waals surface area contributed by atoms with Gasteiger partial charge in [0.2, 0.25) is 0 Å². The summed E-state index contributed by atoms with van der Waals surface area (Å²) in [4.78, 5) is 7.43. The maximum absolute atomic E-state index is 14.9. The Labute approximate surface area is 305 Å². The molecule has 11 heteroatoms. The van der Waals surface area contributed by atoms with Crippen LogP contribution in [0.4, 0.5) is 9.39 Å². The van der Waals surface area contributed by atoms with E-state index < -0.39 is 5.82 Å². The smallest absolute Gasteiger partial charge is 0.188 e. The average molecular weight is 715 g/mol. The summed E-state index contributed by atoms with van der Waals surface area (Å²) in [6.45, 7) is 17.7. The van der Waals surface area contributed by atoms with Crippen LogP contribution in [0.2, 0.25) is 0 Å². The van der Waals surface area contributed by atoms with Crippen LogP contribution < -0.4 is 11.1 Å². The number of phenolic OH excluding ortho intramolecular Hbond substituents is 1. The molecule has 2 saturated heterocycles. The molecule has 2 atom stereocenters. The van der Waals surface area contributed by atoms with E-state index in [1.807, 2.05) is 19.9 Å². The van der Waals surface area contributed by atoms with Gasteiger partial charge in [-0.25, -0.2) is 4.39 Å². The van der Waals surface area contributed by atoms with Crippen molar-refractivity contribution in [2.75, 3.05) is 32.0 Å². The quantitative estimate of drug-likeness (QED) is 0.0674. The van der Waals surface area contributed by atoms with Crippen LogP contribution in [0.15, 0.2) is 41.7 Å². The Hall–Kier alpha value is -4.24. The SMILES string of the molecule is C=CCN=C(N/C(=C/CC)OCC12CCCN1CC(C)C2)c1c(C)c(O)c(-c2ccc(F)c3sc(N)c(C#N)c23)c2c1COC2.CCCC(C)=N. The van der Waals surface area contributed by atoms with Crippen molar-refractivity contribution >= 4 is 38.0 Å². The van der Waals surface area contributed by atoms with Gasteiger partial charge in [-0.05, 0) is 87.2 Å². The number of ether oxygens (including phenoxy) is 2. The zero-order chi connectivity index (χ0) is 36.9. The Bertz CT molecular complexity index is 1910. The van der Waals surface area contributed by atoms with Crippen molar-refractivity contribution in [2.24, 2.45) is 10.9 Å². The highest BCUT2D eigenvalue weighted by molar-refractivity contribution is 7.23. The van der Waals surface area contributed by atoms with Gasteiger partial charge in [-0.2, -0.15) is 5.26 Å². The topological polar surface area (TPSA) is 140 Å². The molecular formula is C40H51FN6O3S. The van der Waals surface area contributed by atoms with Crippen molar-refractivity contribution in [2.45, 2.75) is 91.9 Å². The Kier molecular flexibility index (Phi) is 12.2. The van der Waals surface area contributed by atoms with E-state index in [-0.39, 0.29) is 33.2 Å². The molecule has 0 amide bonds. The number of thiophene rings is 1. The largest absolute Gasteiger partial charge is 0.507 e. The molecule has 51 heavy (non-hydrogen) atoms. The molecular weight excluding hydrogens is 664 g/mol. The molecule has 4 heterocycles. The van der Waals surface area contributed by atoms with Gasteiger partial charge in [-0.3, -0.25) is 9.89 Å². The second-order valence-electron chi connectivity index (χ2n) is 13.9. The minimum Gasteiger partial charge on any atom is -0.507 e. The van der Waals surface area contributed by atoms with E-state index in [0.717, 1.165) is 78.9 Å². The molecule has 1 aromatic heterocycles. The van der Waals surface area contributed by atoms with Crippen molar-refractivity contribution in [3.8, 4) is 22.9 Å². The summed E-state index contributed by atoms with van der Waals surface area (Å²) in [5.74, 6) is 1.39. The predicted molar refractivity (Wildman–Crippen MR) is 206 cm³/mol. The second-order valence-corrected chi connectivity index (χ2v) is 15.0. The lowest BCUT2D eigenvalue weighted by Crippen LogP contribution is -2.43. The number of nitrogens with two attached hydrogens (primary N) is 1. The van der Waals surface area contributed by atoms with E-state index in [1.165, 1.54) is 12.5 Å². The molecule has 0 radical (unpaired) electrons. The number of hydrogen-bond acceptors (Lipinski definition) is 9. The number of amidine groups is 1. The summed E-state index contributed by atoms with van der Waals surface area (Å²) < 4.78 is 27.7. The first-order valence-electron chi connectivity index (χ1n) is 17.9. The van der Waals surface area contributed by atoms with Crippen molar-refractivity contribution in [3.63, 3.8) is 0 Å². The number of fused-ring (bicyclic) bond motifs is 3. The summed E-state index contributed by atoms with van der Waals surface area (Å²) in [5.41, 5.74) is 11.2. The monoisotopic (exact) mass is 714 g/mol. The third-order valence-electron chi connectivity index (χ3n) is 10.00. The molecule has 0 spiro atoms. The van der Waals surface area contributed by atoms with E-state index in [4.69, 9.17) is 25.6 Å². The Morgan fingerprint density at radius 3 is 2.78 bits per heavy atom. The maximum atomic E-state index is 14.9. The number of benzene rings is 2. The van der Waals surface area contributed by atoms with E-state index in [1.54, 1.807) is 12.1 Å². The zero-order valence-electron chi connectivity index (χ0n) is 30.5. The molecule has 272 valence electrons. The van der Waals surface area contributed by atoms with Gasteiger partial charge in [0, 0.05) is 34.3 Å². The molecule has 0 aliphatic carbocycles. The van der Waals surface area contributed by atoms with Crippen LogP contribution in [0.3, 0.4) is 0 Å². The number of halogens is 1. The van der Waals surface area contributed by atoms with Gasteiger partial charge in [0.1, 0.15) is 35.1 Å². The fraction of sp³-hybridized carbons (Fsp3) is 0.475. The molecule has 2 unspecified atom stereocenters. The van der Waals surface area contributed by atoms with E-state index in [0.29, 0.717) is 59.5 Å². The van der Waals surface area contributed by atoms with Crippen LogP contribution in [0.1, 0.15) is 94.0 Å². The fourth-order valence-corrected chi connectivity index (χ4v) is 8.81. The number of aromatic hydroxyl groups is 1. The number of nitriles is 1. The number of nitrogen functional groups attached to an aromatic ring is 1. The lowest BCUT2D eigenvalue weighted by Gasteiger charge is -2.32. The minimum atomic E-state index is -0.460. The van der Waals surface area contributed by atoms with Crippen LogP contribution in [0, 0.1) is 35.4 Å². The number of nitrogens with zero attached hydrogens (tertiary/aromatic N) is 3. The fourth-order valence-electron chi connectivity index (χ4n) is 7.86. The van der Waals surface area contributed by atoms with Gasteiger partial charge in [0.05, 0.1) is 35.6 Å². The summed E-state index contributed by atoms with van der Waals surface area (Å²) in [6.07, 6.45) is 10.0. The summed E-state index contributed by atoms with van der Waals surface area (Å²) in [7, 11) is 0. The molecule has 0 bridgehead atoms. The molecule has 6 rings (SSSR count). The number of rotatable bonds is 11. The summed E-state index contributed by atoms with van der Waals surface area (Å²) in [5, 5.41) is 32.8. The lowest BCUT2D eigenvalue weighted by molar-refractivity contribution is 0.0680. The van der Waals surface area contributed by atoms with Crippen molar-refractivity contribution in [3.05, 3.63) is 70.4 Å². The normalized spacial score (nSPS) is 20.1. The zero-order valence-corrected chi connectivity index (χ0v) is 31.4. The molecule has 2 fully saturated rings. The summed E-state index contributed by atoms with van der Waals surface area (Å²) >= 11 is 1.04. The van der Waals surface area contributed by atoms with Gasteiger partial charge >= 0.3 is 0 Å². The van der Waals surface area contributed by atoms with E-state index in [2.05, 4.69) is 43.6 Å². The molecule has 9 nitrogen and oxygen atoms in total. The first kappa shape index (κ1) is 38.0. The molecule has 2 aromatic carbocycles. The first-order valence-corrected chi connectivity index (χ1v) is 18.7. The Morgan fingerprint density at radius 1 is 1.35 bits per heavy atom. The molecule has 3 aromatic rings. The predicted octanol–water partition coefficient (Wildman–Crippen LogP) is 8.70. The third-order valence-corrected chi connectivity index (χ3v) is 11.0. The van der Waals surface area contributed by atoms with Crippen molar-refractivity contribution < 1.29 is 19.0 Å². The molecule has 5 N–H and O–H groups in total. The van der Waals surface area contributed by atoms with Crippen LogP contribution >= 0.6 is 11.3 Å². The number of anilines is 1. The van der Waals surface area contributed by atoms with Crippen LogP contribution in [0.25, 0.3) is 21.2 Å². The number of phenols is 1. The van der Waals surface area contributed by atoms with Crippen molar-refractivity contribution in [1.82, 2.24) is 10.2 Å². The van der Waals surface area contributed by atoms with Crippen LogP contribution in [-0.4, -0.2) is 53.3 Å². The van der Waals surface area contributed by atoms with Gasteiger partial charge in [0.25, 0.3) is 0 Å². The average Bonchev–Trinajstić information content (AvgIpc) is 3.86. The Morgan fingerprint density at radius 2 is 2.12 bits per heavy atom. The van der Waals surface area contributed by atoms with Crippen LogP contribution in [-0.2, 0) is 22.7 Å². The highest BCUT2D eigenvalue weighted by atomic mass is 32.1. The summed E-state index contributed by atoms with van der Waals surface area (Å²) in [6, 6.07) is 5.10. The van der Waals surface area contributed by atoms with E-state index in [9.17, 15) is 14.8 Å². The standard InChI is InChI=1S/C35H40FN5O3S.C5H11N/c1-5-8-27(44-19-35-11-7-13-41(35)16-20(3)14-35)40-34(39-12-6-2)28-21(4)31(42)29(25-18-43-17-24(25)28)22-9-10-26(36)32-30(22)23(15-37)33(38)45-32;1-3-4-5(2)6/h6,8-10,20,42H,2,5,7,11-14,16-19,38H2,1,3-4H3,(H,39,40);6H,3-4H2,1-2H3/b27-8-;. The number of aliphatic imine (C=N–C) groups is 1. The number of hydrogen-bond donors (Lipinski definition) is 4. The number of allylic oxidation sites excluding steroid dienone is 1. The number of nitrogens with one attached hydrogen (secondary N) is 2. The maximum Gasteiger partial charge on any atom is 0.188 e. The highest BCUT2D eigenvalue weighted by Crippen LogP contribution is 2.48. The first-order chi connectivity index (χ1) is 24.5. The lowest BCUT2D eigenvalue weighted by atomic mass is 9.86. The van der Waals surface area contributed by atoms with Gasteiger partial charge in [-0.15, -0.1) is 17.9 Å². The second kappa shape index (κ2) is 16.4. The van der Waals surface area contributed by atoms with Gasteiger partial charge in [-0.1, -0.05) is 39.3 Å². The molecule has 3 aliphatic rings. The van der Waals surface area contributed by atoms with Crippen molar-refractivity contribution in [1.29, 1.82) is 10.7 Å². The highest BCUT2D eigenvalue weighted by Gasteiger charge is 2.47. The van der Waals surface area contributed by atoms with Gasteiger partial charge < -0.3 is 31.0 Å². The molecule has 0 saturated carbocycles. The minimum absolute atomic E-state index is 0.0197. The van der Waals surface area contributed by atoms with E-state index >= 15 is 0 Å². The Balaban J connectivity index is 0.000000774. The van der Waals surface area contributed by atoms with Crippen LogP contribution in [0.5, 0.6) is 5.75 Å². The van der Waals surface area contributed by atoms with Gasteiger partial charge in [0.15, 0.2) is 5.88 Å². The third kappa shape index (κ3) is 7.69. The molecule has 3 aliphatic heterocycles.